The molecule has 0 radical (unpaired) electrons. The Hall–Kier alpha value is -2.89. The van der Waals surface area contributed by atoms with Crippen molar-refractivity contribution in [3.8, 4) is 0 Å². The van der Waals surface area contributed by atoms with Crippen molar-refractivity contribution < 1.29 is 14.5 Å². The molecule has 0 aliphatic carbocycles. The molecule has 2 aromatic rings. The lowest BCUT2D eigenvalue weighted by molar-refractivity contribution is -0.385. The Bertz CT molecular complexity index is 686. The summed E-state index contributed by atoms with van der Waals surface area (Å²) in [6.45, 7) is 0.624. The molecule has 2 aromatic carbocycles. The normalized spacial score (nSPS) is 10.1. The Morgan fingerprint density at radius 3 is 2.50 bits per heavy atom. The number of rotatable bonds is 5. The van der Waals surface area contributed by atoms with E-state index in [0.717, 1.165) is 5.56 Å². The van der Waals surface area contributed by atoms with Gasteiger partial charge >= 0.3 is 5.97 Å². The number of hydrogen-bond acceptors (Lipinski definition) is 5. The quantitative estimate of drug-likeness (QED) is 0.482. The van der Waals surface area contributed by atoms with Gasteiger partial charge in [0, 0.05) is 25.3 Å². The summed E-state index contributed by atoms with van der Waals surface area (Å²) in [6.07, 6.45) is 0. The van der Waals surface area contributed by atoms with Crippen molar-refractivity contribution in [3.63, 3.8) is 0 Å². The maximum Gasteiger partial charge on any atom is 0.344 e. The van der Waals surface area contributed by atoms with E-state index in [1.54, 1.807) is 6.07 Å². The monoisotopic (exact) mass is 300 g/mol. The molecule has 0 heterocycles. The van der Waals surface area contributed by atoms with E-state index in [9.17, 15) is 14.9 Å². The minimum Gasteiger partial charge on any atom is -0.465 e. The molecule has 2 rings (SSSR count). The number of anilines is 1. The van der Waals surface area contributed by atoms with Gasteiger partial charge in [-0.3, -0.25) is 10.1 Å². The molecule has 0 unspecified atom stereocenters. The first kappa shape index (κ1) is 15.5. The fourth-order valence-electron chi connectivity index (χ4n) is 2.14. The molecule has 0 saturated carbocycles. The summed E-state index contributed by atoms with van der Waals surface area (Å²) in [5.74, 6) is -0.721. The molecule has 0 aromatic heterocycles. The molecule has 0 fully saturated rings. The molecule has 22 heavy (non-hydrogen) atoms. The van der Waals surface area contributed by atoms with Crippen LogP contribution in [0, 0.1) is 10.1 Å². The third-order valence-corrected chi connectivity index (χ3v) is 3.29. The van der Waals surface area contributed by atoms with Crippen LogP contribution in [0.2, 0.25) is 0 Å². The smallest absolute Gasteiger partial charge is 0.344 e. The number of hydrogen-bond donors (Lipinski definition) is 0. The predicted molar refractivity (Wildman–Crippen MR) is 83.0 cm³/mol. The zero-order valence-electron chi connectivity index (χ0n) is 12.4. The van der Waals surface area contributed by atoms with E-state index in [1.807, 2.05) is 42.3 Å². The largest absolute Gasteiger partial charge is 0.465 e. The predicted octanol–water partition coefficient (Wildman–Crippen LogP) is 3.02. The van der Waals surface area contributed by atoms with Gasteiger partial charge in [0.2, 0.25) is 0 Å². The van der Waals surface area contributed by atoms with E-state index in [0.29, 0.717) is 12.2 Å². The topological polar surface area (TPSA) is 72.7 Å². The van der Waals surface area contributed by atoms with Crippen LogP contribution >= 0.6 is 0 Å². The number of benzene rings is 2. The highest BCUT2D eigenvalue weighted by atomic mass is 16.6. The average molecular weight is 300 g/mol. The molecule has 0 atom stereocenters. The fraction of sp³-hybridized carbons (Fsp3) is 0.188. The van der Waals surface area contributed by atoms with Crippen LogP contribution in [0.4, 0.5) is 11.4 Å². The standard InChI is InChI=1S/C16H16N2O4/c1-17(11-12-6-4-3-5-7-12)13-8-9-15(18(20)21)14(10-13)16(19)22-2/h3-10H,11H2,1-2H3. The number of nitro groups is 1. The maximum atomic E-state index is 11.7. The van der Waals surface area contributed by atoms with Gasteiger partial charge in [-0.05, 0) is 17.7 Å². The van der Waals surface area contributed by atoms with Gasteiger partial charge in [-0.25, -0.2) is 4.79 Å². The van der Waals surface area contributed by atoms with Crippen molar-refractivity contribution >= 4 is 17.3 Å². The fourth-order valence-corrected chi connectivity index (χ4v) is 2.14. The van der Waals surface area contributed by atoms with Gasteiger partial charge in [-0.1, -0.05) is 30.3 Å². The Morgan fingerprint density at radius 2 is 1.91 bits per heavy atom. The lowest BCUT2D eigenvalue weighted by Gasteiger charge is -2.20. The van der Waals surface area contributed by atoms with E-state index >= 15 is 0 Å². The third kappa shape index (κ3) is 3.41. The first-order valence-electron chi connectivity index (χ1n) is 6.64. The lowest BCUT2D eigenvalue weighted by atomic mass is 10.1. The number of ether oxygens (including phenoxy) is 1. The van der Waals surface area contributed by atoms with E-state index < -0.39 is 10.9 Å². The Balaban J connectivity index is 2.31. The third-order valence-electron chi connectivity index (χ3n) is 3.29. The zero-order chi connectivity index (χ0) is 16.1. The number of nitro benzene ring substituents is 1. The van der Waals surface area contributed by atoms with Crippen molar-refractivity contribution in [1.82, 2.24) is 0 Å². The molecule has 0 spiro atoms. The number of carbonyl (C=O) groups excluding carboxylic acids is 1. The van der Waals surface area contributed by atoms with Crippen LogP contribution in [0.15, 0.2) is 48.5 Å². The van der Waals surface area contributed by atoms with E-state index in [4.69, 9.17) is 0 Å². The van der Waals surface area contributed by atoms with Gasteiger partial charge in [-0.2, -0.15) is 0 Å². The minimum absolute atomic E-state index is 0.0510. The van der Waals surface area contributed by atoms with Crippen LogP contribution < -0.4 is 4.90 Å². The van der Waals surface area contributed by atoms with Crippen LogP contribution in [0.1, 0.15) is 15.9 Å². The molecule has 0 bridgehead atoms. The molecule has 0 N–H and O–H groups in total. The average Bonchev–Trinajstić information content (AvgIpc) is 2.54. The number of nitrogens with zero attached hydrogens (tertiary/aromatic N) is 2. The van der Waals surface area contributed by atoms with Gasteiger partial charge in [0.1, 0.15) is 5.56 Å². The second kappa shape index (κ2) is 6.71. The van der Waals surface area contributed by atoms with E-state index in [1.165, 1.54) is 19.2 Å². The minimum atomic E-state index is -0.721. The highest BCUT2D eigenvalue weighted by Gasteiger charge is 2.22. The first-order chi connectivity index (χ1) is 10.5. The Labute approximate surface area is 128 Å². The molecule has 0 saturated heterocycles. The van der Waals surface area contributed by atoms with Gasteiger partial charge in [0.25, 0.3) is 5.69 Å². The molecule has 114 valence electrons. The van der Waals surface area contributed by atoms with Crippen LogP contribution in [0.25, 0.3) is 0 Å². The molecular formula is C16H16N2O4. The van der Waals surface area contributed by atoms with E-state index in [2.05, 4.69) is 4.74 Å². The summed E-state index contributed by atoms with van der Waals surface area (Å²) in [7, 11) is 3.06. The van der Waals surface area contributed by atoms with Crippen molar-refractivity contribution in [3.05, 3.63) is 69.8 Å². The number of carbonyl (C=O) groups is 1. The highest BCUT2D eigenvalue weighted by molar-refractivity contribution is 5.95. The second-order valence-corrected chi connectivity index (χ2v) is 4.79. The Morgan fingerprint density at radius 1 is 1.23 bits per heavy atom. The van der Waals surface area contributed by atoms with Crippen molar-refractivity contribution in [2.75, 3.05) is 19.1 Å². The number of esters is 1. The van der Waals surface area contributed by atoms with Gasteiger partial charge in [0.15, 0.2) is 0 Å². The van der Waals surface area contributed by atoms with Gasteiger partial charge < -0.3 is 9.64 Å². The molecule has 0 aliphatic rings. The van der Waals surface area contributed by atoms with Crippen molar-refractivity contribution in [1.29, 1.82) is 0 Å². The molecule has 6 heteroatoms. The maximum absolute atomic E-state index is 11.7. The summed E-state index contributed by atoms with van der Waals surface area (Å²) in [4.78, 5) is 24.0. The molecule has 6 nitrogen and oxygen atoms in total. The van der Waals surface area contributed by atoms with Crippen molar-refractivity contribution in [2.45, 2.75) is 6.54 Å². The van der Waals surface area contributed by atoms with Crippen LogP contribution in [0.3, 0.4) is 0 Å². The van der Waals surface area contributed by atoms with Crippen LogP contribution in [-0.2, 0) is 11.3 Å². The summed E-state index contributed by atoms with van der Waals surface area (Å²) in [6, 6.07) is 14.2. The Kier molecular flexibility index (Phi) is 4.73. The molecular weight excluding hydrogens is 284 g/mol. The summed E-state index contributed by atoms with van der Waals surface area (Å²) in [5, 5.41) is 11.0. The highest BCUT2D eigenvalue weighted by Crippen LogP contribution is 2.26. The van der Waals surface area contributed by atoms with Gasteiger partial charge in [0.05, 0.1) is 12.0 Å². The first-order valence-corrected chi connectivity index (χ1v) is 6.64. The van der Waals surface area contributed by atoms with E-state index in [-0.39, 0.29) is 11.3 Å². The second-order valence-electron chi connectivity index (χ2n) is 4.79. The van der Waals surface area contributed by atoms with Crippen LogP contribution in [0.5, 0.6) is 0 Å². The summed E-state index contributed by atoms with van der Waals surface area (Å²) >= 11 is 0. The number of methoxy groups -OCH3 is 1. The van der Waals surface area contributed by atoms with Crippen LogP contribution in [-0.4, -0.2) is 25.1 Å². The van der Waals surface area contributed by atoms with Crippen molar-refractivity contribution in [2.24, 2.45) is 0 Å². The molecule has 0 amide bonds. The summed E-state index contributed by atoms with van der Waals surface area (Å²) < 4.78 is 4.62. The molecule has 0 aliphatic heterocycles. The SMILES string of the molecule is COC(=O)c1cc(N(C)Cc2ccccc2)ccc1[N+](=O)[O-]. The zero-order valence-corrected chi connectivity index (χ0v) is 12.4. The summed E-state index contributed by atoms with van der Waals surface area (Å²) in [5.41, 5.74) is 1.49. The van der Waals surface area contributed by atoms with Gasteiger partial charge in [-0.15, -0.1) is 0 Å². The lowest BCUT2D eigenvalue weighted by Crippen LogP contribution is -2.17.